The molecule has 0 unspecified atom stereocenters. The predicted octanol–water partition coefficient (Wildman–Crippen LogP) is 2.70. The molecule has 4 nitrogen and oxygen atoms in total. The van der Waals surface area contributed by atoms with Crippen LogP contribution in [0.15, 0.2) is 0 Å². The predicted molar refractivity (Wildman–Crippen MR) is 73.8 cm³/mol. The highest BCUT2D eigenvalue weighted by Gasteiger charge is 2.71. The van der Waals surface area contributed by atoms with E-state index < -0.39 is 11.7 Å². The molecule has 0 aromatic carbocycles. The van der Waals surface area contributed by atoms with Crippen LogP contribution in [0, 0.1) is 16.7 Å². The minimum Gasteiger partial charge on any atom is -0.444 e. The van der Waals surface area contributed by atoms with Gasteiger partial charge in [-0.1, -0.05) is 13.8 Å². The van der Waals surface area contributed by atoms with Crippen molar-refractivity contribution >= 4 is 6.09 Å². The van der Waals surface area contributed by atoms with Crippen LogP contribution in [0.25, 0.3) is 0 Å². The van der Waals surface area contributed by atoms with Crippen molar-refractivity contribution in [2.45, 2.75) is 65.5 Å². The molecule has 3 rings (SSSR count). The molecule has 0 radical (unpaired) electrons. The standard InChI is InChI=1S/C15H27NO3/c1-10(2)14-7-15(8-14,9-14)11(6-17)16-12(18)19-13(3,4)5/h10-11,17H,6-9H2,1-5H3,(H,16,18)/t11-,14?,15?/m1/s1. The molecule has 3 saturated carbocycles. The molecule has 3 fully saturated rings. The third-order valence-corrected chi connectivity index (χ3v) is 4.95. The fourth-order valence-electron chi connectivity index (χ4n) is 3.77. The number of hydrogen-bond donors (Lipinski definition) is 2. The first-order valence-electron chi connectivity index (χ1n) is 7.23. The van der Waals surface area contributed by atoms with E-state index in [-0.39, 0.29) is 18.1 Å². The fraction of sp³-hybridized carbons (Fsp3) is 0.933. The summed E-state index contributed by atoms with van der Waals surface area (Å²) in [5, 5.41) is 12.4. The average molecular weight is 269 g/mol. The molecule has 2 bridgehead atoms. The maximum atomic E-state index is 11.8. The van der Waals surface area contributed by atoms with Crippen LogP contribution < -0.4 is 5.32 Å². The Hall–Kier alpha value is -0.770. The van der Waals surface area contributed by atoms with E-state index >= 15 is 0 Å². The Kier molecular flexibility index (Phi) is 3.37. The third kappa shape index (κ3) is 2.47. The van der Waals surface area contributed by atoms with Gasteiger partial charge >= 0.3 is 6.09 Å². The maximum Gasteiger partial charge on any atom is 0.407 e. The van der Waals surface area contributed by atoms with Gasteiger partial charge in [0.25, 0.3) is 0 Å². The average Bonchev–Trinajstić information content (AvgIpc) is 2.07. The lowest BCUT2D eigenvalue weighted by Gasteiger charge is -2.75. The number of nitrogens with one attached hydrogen (secondary N) is 1. The minimum atomic E-state index is -0.497. The molecule has 0 aliphatic heterocycles. The van der Waals surface area contributed by atoms with Gasteiger partial charge in [0.2, 0.25) is 0 Å². The van der Waals surface area contributed by atoms with Gasteiger partial charge in [0.1, 0.15) is 5.60 Å². The number of carbonyl (C=O) groups excluding carboxylic acids is 1. The van der Waals surface area contributed by atoms with Gasteiger partial charge in [-0.15, -0.1) is 0 Å². The van der Waals surface area contributed by atoms with Crippen LogP contribution in [0.1, 0.15) is 53.9 Å². The third-order valence-electron chi connectivity index (χ3n) is 4.95. The lowest BCUT2D eigenvalue weighted by atomic mass is 9.30. The van der Waals surface area contributed by atoms with E-state index in [9.17, 15) is 9.90 Å². The summed E-state index contributed by atoms with van der Waals surface area (Å²) in [4.78, 5) is 11.8. The topological polar surface area (TPSA) is 58.6 Å². The highest BCUT2D eigenvalue weighted by atomic mass is 16.6. The van der Waals surface area contributed by atoms with Crippen molar-refractivity contribution in [3.8, 4) is 0 Å². The Balaban J connectivity index is 1.89. The summed E-state index contributed by atoms with van der Waals surface area (Å²) in [6.07, 6.45) is 2.95. The van der Waals surface area contributed by atoms with Crippen LogP contribution in [0.2, 0.25) is 0 Å². The maximum absolute atomic E-state index is 11.8. The summed E-state index contributed by atoms with van der Waals surface area (Å²) >= 11 is 0. The van der Waals surface area contributed by atoms with E-state index in [2.05, 4.69) is 19.2 Å². The quantitative estimate of drug-likeness (QED) is 0.825. The van der Waals surface area contributed by atoms with Crippen LogP contribution in [0.3, 0.4) is 0 Å². The molecule has 1 atom stereocenters. The molecule has 0 heterocycles. The Morgan fingerprint density at radius 1 is 1.26 bits per heavy atom. The van der Waals surface area contributed by atoms with Crippen LogP contribution in [-0.2, 0) is 4.74 Å². The first kappa shape index (κ1) is 14.6. The van der Waals surface area contributed by atoms with Gasteiger partial charge in [0.05, 0.1) is 12.6 Å². The van der Waals surface area contributed by atoms with Gasteiger partial charge in [-0.25, -0.2) is 4.79 Å². The number of amides is 1. The molecule has 0 aromatic rings. The van der Waals surface area contributed by atoms with Crippen molar-refractivity contribution in [1.29, 1.82) is 0 Å². The zero-order valence-electron chi connectivity index (χ0n) is 12.7. The van der Waals surface area contributed by atoms with Crippen molar-refractivity contribution in [1.82, 2.24) is 5.32 Å². The first-order chi connectivity index (χ1) is 8.62. The number of carbonyl (C=O) groups is 1. The van der Waals surface area contributed by atoms with Crippen molar-refractivity contribution < 1.29 is 14.6 Å². The highest BCUT2D eigenvalue weighted by Crippen LogP contribution is 2.77. The number of ether oxygens (including phenoxy) is 1. The molecule has 19 heavy (non-hydrogen) atoms. The molecule has 0 spiro atoms. The molecule has 3 aliphatic rings. The van der Waals surface area contributed by atoms with E-state index in [0.29, 0.717) is 11.3 Å². The van der Waals surface area contributed by atoms with E-state index in [1.807, 2.05) is 20.8 Å². The second-order valence-electron chi connectivity index (χ2n) is 7.79. The zero-order chi connectivity index (χ0) is 14.5. The van der Waals surface area contributed by atoms with Crippen LogP contribution in [0.4, 0.5) is 4.79 Å². The molecule has 2 N–H and O–H groups in total. The van der Waals surface area contributed by atoms with Gasteiger partial charge < -0.3 is 15.2 Å². The molecule has 4 heteroatoms. The van der Waals surface area contributed by atoms with Gasteiger partial charge in [-0.05, 0) is 56.8 Å². The number of rotatable bonds is 4. The Bertz CT molecular complexity index is 350. The number of alkyl carbamates (subject to hydrolysis) is 1. The monoisotopic (exact) mass is 269 g/mol. The largest absolute Gasteiger partial charge is 0.444 e. The van der Waals surface area contributed by atoms with E-state index in [0.717, 1.165) is 19.3 Å². The second-order valence-corrected chi connectivity index (χ2v) is 7.79. The number of aliphatic hydroxyl groups excluding tert-OH is 1. The number of aliphatic hydroxyl groups is 1. The van der Waals surface area contributed by atoms with Crippen molar-refractivity contribution in [2.75, 3.05) is 6.61 Å². The van der Waals surface area contributed by atoms with Gasteiger partial charge in [-0.2, -0.15) is 0 Å². The molecule has 1 amide bonds. The van der Waals surface area contributed by atoms with E-state index in [4.69, 9.17) is 4.74 Å². The molecular formula is C15H27NO3. The summed E-state index contributed by atoms with van der Waals surface area (Å²) in [6.45, 7) is 10.0. The van der Waals surface area contributed by atoms with Crippen molar-refractivity contribution in [2.24, 2.45) is 16.7 Å². The van der Waals surface area contributed by atoms with Crippen LogP contribution in [0.5, 0.6) is 0 Å². The molecule has 0 saturated heterocycles. The fourth-order valence-corrected chi connectivity index (χ4v) is 3.77. The summed E-state index contributed by atoms with van der Waals surface area (Å²) in [6, 6.07) is -0.164. The summed E-state index contributed by atoms with van der Waals surface area (Å²) in [5.74, 6) is 0.690. The highest BCUT2D eigenvalue weighted by molar-refractivity contribution is 5.68. The molecule has 110 valence electrons. The van der Waals surface area contributed by atoms with Gasteiger partial charge in [0.15, 0.2) is 0 Å². The van der Waals surface area contributed by atoms with Gasteiger partial charge in [-0.3, -0.25) is 0 Å². The Labute approximate surface area is 115 Å². The summed E-state index contributed by atoms with van der Waals surface area (Å²) in [5.41, 5.74) is 0.0988. The van der Waals surface area contributed by atoms with Crippen molar-refractivity contribution in [3.63, 3.8) is 0 Å². The number of hydrogen-bond acceptors (Lipinski definition) is 3. The zero-order valence-corrected chi connectivity index (χ0v) is 12.7. The summed E-state index contributed by atoms with van der Waals surface area (Å²) < 4.78 is 5.26. The lowest BCUT2D eigenvalue weighted by molar-refractivity contribution is -0.248. The lowest BCUT2D eigenvalue weighted by Crippen LogP contribution is -2.72. The molecule has 0 aromatic heterocycles. The van der Waals surface area contributed by atoms with Crippen LogP contribution in [-0.4, -0.2) is 29.4 Å². The van der Waals surface area contributed by atoms with Crippen molar-refractivity contribution in [3.05, 3.63) is 0 Å². The van der Waals surface area contributed by atoms with Crippen LogP contribution >= 0.6 is 0 Å². The smallest absolute Gasteiger partial charge is 0.407 e. The van der Waals surface area contributed by atoms with E-state index in [1.54, 1.807) is 0 Å². The molecule has 3 aliphatic carbocycles. The normalized spacial score (nSPS) is 34.3. The Morgan fingerprint density at radius 2 is 1.79 bits per heavy atom. The first-order valence-corrected chi connectivity index (χ1v) is 7.23. The van der Waals surface area contributed by atoms with E-state index in [1.165, 1.54) is 0 Å². The minimum absolute atomic E-state index is 0.00653. The Morgan fingerprint density at radius 3 is 2.16 bits per heavy atom. The van der Waals surface area contributed by atoms with Gasteiger partial charge in [0, 0.05) is 0 Å². The molecular weight excluding hydrogens is 242 g/mol. The SMILES string of the molecule is CC(C)C12CC([C@@H](CO)NC(=O)OC(C)(C)C)(C1)C2. The summed E-state index contributed by atoms with van der Waals surface area (Å²) in [7, 11) is 0. The second kappa shape index (κ2) is 4.37.